The first-order valence-corrected chi connectivity index (χ1v) is 7.65. The van der Waals surface area contributed by atoms with Gasteiger partial charge < -0.3 is 10.2 Å². The van der Waals surface area contributed by atoms with E-state index in [4.69, 9.17) is 0 Å². The van der Waals surface area contributed by atoms with Gasteiger partial charge in [0, 0.05) is 29.8 Å². The lowest BCUT2D eigenvalue weighted by molar-refractivity contribution is 0.596. The second-order valence-electron chi connectivity index (χ2n) is 5.31. The Kier molecular flexibility index (Phi) is 4.68. The van der Waals surface area contributed by atoms with Crippen LogP contribution in [-0.2, 0) is 0 Å². The van der Waals surface area contributed by atoms with Crippen LogP contribution in [0.25, 0.3) is 0 Å². The van der Waals surface area contributed by atoms with Crippen LogP contribution in [0.4, 0.5) is 5.69 Å². The van der Waals surface area contributed by atoms with E-state index in [1.165, 1.54) is 35.1 Å². The molecule has 100 valence electrons. The van der Waals surface area contributed by atoms with Crippen LogP contribution in [-0.4, -0.2) is 20.1 Å². The summed E-state index contributed by atoms with van der Waals surface area (Å²) >= 11 is 3.70. The summed E-state index contributed by atoms with van der Waals surface area (Å²) in [5, 5.41) is 3.45. The van der Waals surface area contributed by atoms with Crippen molar-refractivity contribution in [1.82, 2.24) is 5.32 Å². The molecule has 1 unspecified atom stereocenters. The number of hydrogen-bond acceptors (Lipinski definition) is 2. The van der Waals surface area contributed by atoms with Crippen molar-refractivity contribution >= 4 is 21.6 Å². The number of halogens is 1. The summed E-state index contributed by atoms with van der Waals surface area (Å²) in [6, 6.07) is 7.10. The Morgan fingerprint density at radius 3 is 2.72 bits per heavy atom. The number of nitrogens with zero attached hydrogens (tertiary/aromatic N) is 1. The number of nitrogens with one attached hydrogen (secondary N) is 1. The van der Waals surface area contributed by atoms with Crippen molar-refractivity contribution in [2.75, 3.05) is 25.0 Å². The van der Waals surface area contributed by atoms with Gasteiger partial charge in [-0.25, -0.2) is 0 Å². The summed E-state index contributed by atoms with van der Waals surface area (Å²) in [5.74, 6) is 0.925. The third-order valence-electron chi connectivity index (χ3n) is 3.63. The van der Waals surface area contributed by atoms with Gasteiger partial charge in [0.05, 0.1) is 0 Å². The zero-order valence-electron chi connectivity index (χ0n) is 11.5. The number of benzene rings is 1. The Morgan fingerprint density at radius 2 is 2.17 bits per heavy atom. The van der Waals surface area contributed by atoms with Crippen molar-refractivity contribution in [3.05, 3.63) is 28.2 Å². The van der Waals surface area contributed by atoms with Crippen molar-refractivity contribution in [2.45, 2.75) is 32.7 Å². The summed E-state index contributed by atoms with van der Waals surface area (Å²) in [7, 11) is 2.19. The Balaban J connectivity index is 2.07. The summed E-state index contributed by atoms with van der Waals surface area (Å²) in [6.45, 7) is 6.53. The third-order valence-corrected chi connectivity index (χ3v) is 4.32. The zero-order chi connectivity index (χ0) is 13.1. The van der Waals surface area contributed by atoms with E-state index < -0.39 is 0 Å². The number of rotatable bonds is 6. The lowest BCUT2D eigenvalue weighted by Crippen LogP contribution is -2.21. The minimum Gasteiger partial charge on any atom is -0.374 e. The van der Waals surface area contributed by atoms with Gasteiger partial charge in [0.2, 0.25) is 0 Å². The van der Waals surface area contributed by atoms with Crippen LogP contribution in [0.2, 0.25) is 0 Å². The Hall–Kier alpha value is -0.540. The highest BCUT2D eigenvalue weighted by Crippen LogP contribution is 2.32. The molecule has 2 nitrogen and oxygen atoms in total. The van der Waals surface area contributed by atoms with Gasteiger partial charge in [0.15, 0.2) is 0 Å². The monoisotopic (exact) mass is 310 g/mol. The van der Waals surface area contributed by atoms with E-state index in [0.717, 1.165) is 12.5 Å². The molecule has 1 fully saturated rings. The van der Waals surface area contributed by atoms with Crippen LogP contribution in [0.3, 0.4) is 0 Å². The summed E-state index contributed by atoms with van der Waals surface area (Å²) in [5.41, 5.74) is 2.64. The van der Waals surface area contributed by atoms with Gasteiger partial charge >= 0.3 is 0 Å². The van der Waals surface area contributed by atoms with E-state index in [-0.39, 0.29) is 0 Å². The van der Waals surface area contributed by atoms with E-state index >= 15 is 0 Å². The van der Waals surface area contributed by atoms with Crippen molar-refractivity contribution in [1.29, 1.82) is 0 Å². The molecule has 3 heteroatoms. The molecule has 1 saturated carbocycles. The average Bonchev–Trinajstić information content (AvgIpc) is 3.13. The second-order valence-corrected chi connectivity index (χ2v) is 6.16. The SMILES string of the molecule is CCNC(C)c1ccc(N(C)CC2CC2)cc1Br. The summed E-state index contributed by atoms with van der Waals surface area (Å²) in [6.07, 6.45) is 2.81. The third kappa shape index (κ3) is 3.48. The molecule has 2 rings (SSSR count). The first kappa shape index (κ1) is 13.9. The molecule has 0 bridgehead atoms. The molecule has 1 aliphatic rings. The molecule has 0 saturated heterocycles. The molecule has 0 amide bonds. The zero-order valence-corrected chi connectivity index (χ0v) is 13.1. The van der Waals surface area contributed by atoms with E-state index in [1.807, 2.05) is 0 Å². The predicted octanol–water partition coefficient (Wildman–Crippen LogP) is 3.97. The van der Waals surface area contributed by atoms with E-state index in [1.54, 1.807) is 0 Å². The number of anilines is 1. The van der Waals surface area contributed by atoms with E-state index in [0.29, 0.717) is 6.04 Å². The maximum atomic E-state index is 3.70. The minimum absolute atomic E-state index is 0.396. The average molecular weight is 311 g/mol. The molecule has 1 aliphatic carbocycles. The first-order valence-electron chi connectivity index (χ1n) is 6.85. The highest BCUT2D eigenvalue weighted by atomic mass is 79.9. The fourth-order valence-corrected chi connectivity index (χ4v) is 3.02. The van der Waals surface area contributed by atoms with E-state index in [9.17, 15) is 0 Å². The Morgan fingerprint density at radius 1 is 1.44 bits per heavy atom. The van der Waals surface area contributed by atoms with Crippen LogP contribution in [0.15, 0.2) is 22.7 Å². The lowest BCUT2D eigenvalue weighted by Gasteiger charge is -2.21. The fraction of sp³-hybridized carbons (Fsp3) is 0.600. The number of hydrogen-bond donors (Lipinski definition) is 1. The molecule has 0 spiro atoms. The van der Waals surface area contributed by atoms with Crippen LogP contribution >= 0.6 is 15.9 Å². The quantitative estimate of drug-likeness (QED) is 0.855. The fourth-order valence-electron chi connectivity index (χ4n) is 2.31. The van der Waals surface area contributed by atoms with Gasteiger partial charge in [-0.1, -0.05) is 28.9 Å². The van der Waals surface area contributed by atoms with E-state index in [2.05, 4.69) is 65.2 Å². The molecule has 1 N–H and O–H groups in total. The molecule has 0 radical (unpaired) electrons. The van der Waals surface area contributed by atoms with Gasteiger partial charge in [0.1, 0.15) is 0 Å². The lowest BCUT2D eigenvalue weighted by atomic mass is 10.1. The molecular formula is C15H23BrN2. The summed E-state index contributed by atoms with van der Waals surface area (Å²) < 4.78 is 1.20. The summed E-state index contributed by atoms with van der Waals surface area (Å²) in [4.78, 5) is 2.37. The molecular weight excluding hydrogens is 288 g/mol. The van der Waals surface area contributed by atoms with Gasteiger partial charge in [-0.3, -0.25) is 0 Å². The normalized spacial score (nSPS) is 16.7. The van der Waals surface area contributed by atoms with Gasteiger partial charge in [0.25, 0.3) is 0 Å². The highest BCUT2D eigenvalue weighted by molar-refractivity contribution is 9.10. The predicted molar refractivity (Wildman–Crippen MR) is 82.2 cm³/mol. The van der Waals surface area contributed by atoms with Gasteiger partial charge in [-0.05, 0) is 49.9 Å². The molecule has 18 heavy (non-hydrogen) atoms. The van der Waals surface area contributed by atoms with Crippen LogP contribution in [0.1, 0.15) is 38.3 Å². The Bertz CT molecular complexity index is 401. The largest absolute Gasteiger partial charge is 0.374 e. The first-order chi connectivity index (χ1) is 8.61. The van der Waals surface area contributed by atoms with Crippen molar-refractivity contribution in [2.24, 2.45) is 5.92 Å². The maximum absolute atomic E-state index is 3.70. The molecule has 1 aromatic carbocycles. The minimum atomic E-state index is 0.396. The second kappa shape index (κ2) is 6.07. The topological polar surface area (TPSA) is 15.3 Å². The van der Waals surface area contributed by atoms with Crippen LogP contribution < -0.4 is 10.2 Å². The van der Waals surface area contributed by atoms with Crippen LogP contribution in [0, 0.1) is 5.92 Å². The van der Waals surface area contributed by atoms with Crippen molar-refractivity contribution in [3.63, 3.8) is 0 Å². The van der Waals surface area contributed by atoms with Crippen molar-refractivity contribution < 1.29 is 0 Å². The maximum Gasteiger partial charge on any atom is 0.0375 e. The molecule has 0 aromatic heterocycles. The van der Waals surface area contributed by atoms with Crippen LogP contribution in [0.5, 0.6) is 0 Å². The highest BCUT2D eigenvalue weighted by Gasteiger charge is 2.23. The van der Waals surface area contributed by atoms with Gasteiger partial charge in [-0.15, -0.1) is 0 Å². The molecule has 0 aliphatic heterocycles. The molecule has 1 aromatic rings. The Labute approximate surface area is 119 Å². The molecule has 1 atom stereocenters. The molecule has 0 heterocycles. The van der Waals surface area contributed by atoms with Crippen molar-refractivity contribution in [3.8, 4) is 0 Å². The van der Waals surface area contributed by atoms with Gasteiger partial charge in [-0.2, -0.15) is 0 Å². The smallest absolute Gasteiger partial charge is 0.0375 e. The standard InChI is InChI=1S/C15H23BrN2/c1-4-17-11(2)14-8-7-13(9-15(14)16)18(3)10-12-5-6-12/h7-9,11-12,17H,4-6,10H2,1-3H3.